The van der Waals surface area contributed by atoms with Gasteiger partial charge in [0.05, 0.1) is 13.7 Å². The lowest BCUT2D eigenvalue weighted by molar-refractivity contribution is 0.0719. The number of rotatable bonds is 10. The molecule has 0 aliphatic carbocycles. The van der Waals surface area contributed by atoms with Crippen LogP contribution in [0.15, 0.2) is 66.9 Å². The van der Waals surface area contributed by atoms with E-state index in [4.69, 9.17) is 21.1 Å². The predicted octanol–water partition coefficient (Wildman–Crippen LogP) is 4.88. The normalized spacial score (nSPS) is 10.8. The molecule has 30 heavy (non-hydrogen) atoms. The van der Waals surface area contributed by atoms with Gasteiger partial charge in [0.1, 0.15) is 5.75 Å². The number of carbonyl (C=O) groups is 1. The summed E-state index contributed by atoms with van der Waals surface area (Å²) in [6.45, 7) is 2.41. The molecule has 0 bridgehead atoms. The number of aromatic nitrogens is 1. The summed E-state index contributed by atoms with van der Waals surface area (Å²) >= 11 is 6.13. The summed E-state index contributed by atoms with van der Waals surface area (Å²) in [4.78, 5) is 15.1. The van der Waals surface area contributed by atoms with Crippen molar-refractivity contribution >= 4 is 17.5 Å². The highest BCUT2D eigenvalue weighted by molar-refractivity contribution is 6.30. The molecular weight excluding hydrogens is 400 g/mol. The Bertz CT molecular complexity index is 970. The minimum atomic E-state index is -0.0273. The summed E-state index contributed by atoms with van der Waals surface area (Å²) in [5.41, 5.74) is 2.79. The Kier molecular flexibility index (Phi) is 7.94. The Hall–Kier alpha value is -2.76. The van der Waals surface area contributed by atoms with Crippen LogP contribution in [0.5, 0.6) is 5.75 Å². The van der Waals surface area contributed by atoms with E-state index in [0.29, 0.717) is 37.6 Å². The number of methoxy groups -OCH3 is 2. The highest BCUT2D eigenvalue weighted by atomic mass is 35.5. The number of halogens is 1. The molecule has 0 unspecified atom stereocenters. The first-order chi connectivity index (χ1) is 14.6. The van der Waals surface area contributed by atoms with Crippen molar-refractivity contribution in [3.63, 3.8) is 0 Å². The van der Waals surface area contributed by atoms with Crippen LogP contribution >= 0.6 is 11.6 Å². The van der Waals surface area contributed by atoms with Gasteiger partial charge >= 0.3 is 0 Å². The van der Waals surface area contributed by atoms with Crippen molar-refractivity contribution in [3.05, 3.63) is 88.7 Å². The largest absolute Gasteiger partial charge is 0.497 e. The first-order valence-electron chi connectivity index (χ1n) is 9.91. The van der Waals surface area contributed by atoms with Crippen LogP contribution in [-0.4, -0.2) is 42.7 Å². The number of amides is 1. The zero-order valence-corrected chi connectivity index (χ0v) is 18.1. The maximum atomic E-state index is 13.3. The van der Waals surface area contributed by atoms with Gasteiger partial charge in [-0.1, -0.05) is 29.8 Å². The fourth-order valence-electron chi connectivity index (χ4n) is 3.37. The summed E-state index contributed by atoms with van der Waals surface area (Å²) in [6, 6.07) is 19.1. The van der Waals surface area contributed by atoms with Crippen LogP contribution in [0.3, 0.4) is 0 Å². The van der Waals surface area contributed by atoms with Gasteiger partial charge in [-0.25, -0.2) is 0 Å². The Labute approximate surface area is 182 Å². The first-order valence-corrected chi connectivity index (χ1v) is 10.3. The lowest BCUT2D eigenvalue weighted by atomic mass is 10.1. The highest BCUT2D eigenvalue weighted by Crippen LogP contribution is 2.18. The SMILES string of the molecule is COCCCN(Cc1cccn1Cc1cccc(Cl)c1)C(=O)c1cccc(OC)c1. The summed E-state index contributed by atoms with van der Waals surface area (Å²) in [6.07, 6.45) is 2.79. The zero-order chi connectivity index (χ0) is 21.3. The van der Waals surface area contributed by atoms with E-state index in [0.717, 1.165) is 22.7 Å². The molecule has 0 atom stereocenters. The van der Waals surface area contributed by atoms with Crippen LogP contribution in [0.2, 0.25) is 5.02 Å². The number of carbonyl (C=O) groups excluding carboxylic acids is 1. The fraction of sp³-hybridized carbons (Fsp3) is 0.292. The number of ether oxygens (including phenoxy) is 2. The number of hydrogen-bond donors (Lipinski definition) is 0. The van der Waals surface area contributed by atoms with Crippen molar-refractivity contribution in [2.75, 3.05) is 27.4 Å². The van der Waals surface area contributed by atoms with Gasteiger partial charge in [0.25, 0.3) is 5.91 Å². The standard InChI is InChI=1S/C24H27ClN2O3/c1-29-14-6-13-27(24(28)20-8-4-11-23(16-20)30-2)18-22-10-5-12-26(22)17-19-7-3-9-21(25)15-19/h3-5,7-12,15-16H,6,13-14,17-18H2,1-2H3. The van der Waals surface area contributed by atoms with Gasteiger partial charge in [0.15, 0.2) is 0 Å². The van der Waals surface area contributed by atoms with Crippen molar-refractivity contribution < 1.29 is 14.3 Å². The molecule has 5 nitrogen and oxygen atoms in total. The molecule has 0 aliphatic rings. The Morgan fingerprint density at radius 2 is 1.90 bits per heavy atom. The topological polar surface area (TPSA) is 43.7 Å². The third kappa shape index (κ3) is 5.88. The monoisotopic (exact) mass is 426 g/mol. The Morgan fingerprint density at radius 3 is 2.67 bits per heavy atom. The van der Waals surface area contributed by atoms with Crippen molar-refractivity contribution in [1.82, 2.24) is 9.47 Å². The van der Waals surface area contributed by atoms with Crippen molar-refractivity contribution in [2.24, 2.45) is 0 Å². The van der Waals surface area contributed by atoms with Gasteiger partial charge in [0.2, 0.25) is 0 Å². The molecular formula is C24H27ClN2O3. The molecule has 6 heteroatoms. The third-order valence-corrected chi connectivity index (χ3v) is 5.13. The summed E-state index contributed by atoms with van der Waals surface area (Å²) in [7, 11) is 3.27. The average molecular weight is 427 g/mol. The molecule has 1 aromatic heterocycles. The second-order valence-electron chi connectivity index (χ2n) is 7.06. The maximum absolute atomic E-state index is 13.3. The second-order valence-corrected chi connectivity index (χ2v) is 7.50. The molecule has 0 radical (unpaired) electrons. The minimum Gasteiger partial charge on any atom is -0.497 e. The number of nitrogens with zero attached hydrogens (tertiary/aromatic N) is 2. The van der Waals surface area contributed by atoms with E-state index in [-0.39, 0.29) is 5.91 Å². The molecule has 0 fully saturated rings. The van der Waals surface area contributed by atoms with E-state index in [2.05, 4.69) is 4.57 Å². The van der Waals surface area contributed by atoms with Crippen LogP contribution in [-0.2, 0) is 17.8 Å². The number of benzene rings is 2. The van der Waals surface area contributed by atoms with E-state index >= 15 is 0 Å². The van der Waals surface area contributed by atoms with Crippen LogP contribution in [0.1, 0.15) is 28.0 Å². The third-order valence-electron chi connectivity index (χ3n) is 4.90. The molecule has 158 valence electrons. The first kappa shape index (κ1) is 21.9. The van der Waals surface area contributed by atoms with E-state index in [1.54, 1.807) is 20.3 Å². The molecule has 1 heterocycles. The molecule has 0 spiro atoms. The summed E-state index contributed by atoms with van der Waals surface area (Å²) < 4.78 is 12.6. The Morgan fingerprint density at radius 1 is 1.07 bits per heavy atom. The molecule has 0 saturated heterocycles. The Balaban J connectivity index is 1.80. The minimum absolute atomic E-state index is 0.0273. The lowest BCUT2D eigenvalue weighted by Crippen LogP contribution is -2.33. The van der Waals surface area contributed by atoms with E-state index in [9.17, 15) is 4.79 Å². The van der Waals surface area contributed by atoms with Gasteiger partial charge in [-0.3, -0.25) is 4.79 Å². The second kappa shape index (κ2) is 10.9. The fourth-order valence-corrected chi connectivity index (χ4v) is 3.58. The molecule has 0 saturated carbocycles. The van der Waals surface area contributed by atoms with Crippen molar-refractivity contribution in [2.45, 2.75) is 19.5 Å². The lowest BCUT2D eigenvalue weighted by Gasteiger charge is -2.24. The highest BCUT2D eigenvalue weighted by Gasteiger charge is 2.18. The van der Waals surface area contributed by atoms with Gasteiger partial charge in [-0.2, -0.15) is 0 Å². The summed E-state index contributed by atoms with van der Waals surface area (Å²) in [5, 5.41) is 0.718. The van der Waals surface area contributed by atoms with Gasteiger partial charge in [0, 0.05) is 49.3 Å². The molecule has 0 aliphatic heterocycles. The van der Waals surface area contributed by atoms with Gasteiger partial charge in [-0.15, -0.1) is 0 Å². The molecule has 0 N–H and O–H groups in total. The van der Waals surface area contributed by atoms with E-state index in [1.165, 1.54) is 0 Å². The average Bonchev–Trinajstić information content (AvgIpc) is 3.19. The van der Waals surface area contributed by atoms with Crippen LogP contribution in [0, 0.1) is 0 Å². The van der Waals surface area contributed by atoms with Crippen LogP contribution < -0.4 is 4.74 Å². The smallest absolute Gasteiger partial charge is 0.254 e. The van der Waals surface area contributed by atoms with E-state index in [1.807, 2.05) is 65.7 Å². The quantitative estimate of drug-likeness (QED) is 0.434. The molecule has 2 aromatic carbocycles. The molecule has 1 amide bonds. The number of hydrogen-bond acceptors (Lipinski definition) is 3. The van der Waals surface area contributed by atoms with Crippen LogP contribution in [0.25, 0.3) is 0 Å². The van der Waals surface area contributed by atoms with Crippen LogP contribution in [0.4, 0.5) is 0 Å². The van der Waals surface area contributed by atoms with Crippen molar-refractivity contribution in [1.29, 1.82) is 0 Å². The summed E-state index contributed by atoms with van der Waals surface area (Å²) in [5.74, 6) is 0.641. The van der Waals surface area contributed by atoms with Crippen molar-refractivity contribution in [3.8, 4) is 5.75 Å². The van der Waals surface area contributed by atoms with Gasteiger partial charge in [-0.05, 0) is 54.4 Å². The van der Waals surface area contributed by atoms with E-state index < -0.39 is 0 Å². The molecule has 3 rings (SSSR count). The predicted molar refractivity (Wildman–Crippen MR) is 119 cm³/mol. The zero-order valence-electron chi connectivity index (χ0n) is 17.4. The molecule has 3 aromatic rings. The van der Waals surface area contributed by atoms with Gasteiger partial charge < -0.3 is 18.9 Å². The maximum Gasteiger partial charge on any atom is 0.254 e.